The summed E-state index contributed by atoms with van der Waals surface area (Å²) in [5.74, 6) is -0.359. The maximum atomic E-state index is 12.7. The molecule has 2 heterocycles. The number of aliphatic hydroxyl groups excluding tert-OH is 1. The number of hydrogen-bond donors (Lipinski definition) is 3. The lowest BCUT2D eigenvalue weighted by Gasteiger charge is -2.02. The Kier molecular flexibility index (Phi) is 9.07. The molecule has 2 aromatic carbocycles. The molecule has 0 aliphatic heterocycles. The molecule has 2 aromatic heterocycles. The number of carbonyl (C=O) groups excluding carboxylic acids is 1. The molecule has 4 aromatic rings. The Morgan fingerprint density at radius 2 is 1.34 bits per heavy atom. The zero-order valence-corrected chi connectivity index (χ0v) is 22.3. The summed E-state index contributed by atoms with van der Waals surface area (Å²) in [5.41, 5.74) is 7.95. The number of rotatable bonds is 8. The third-order valence-corrected chi connectivity index (χ3v) is 6.18. The molecule has 4 heteroatoms. The quantitative estimate of drug-likeness (QED) is 0.0972. The summed E-state index contributed by atoms with van der Waals surface area (Å²) in [6.07, 6.45) is 13.6. The van der Waals surface area contributed by atoms with Crippen molar-refractivity contribution in [2.45, 2.75) is 20.8 Å². The molecule has 3 N–H and O–H groups in total. The maximum absolute atomic E-state index is 12.7. The van der Waals surface area contributed by atoms with Gasteiger partial charge in [-0.25, -0.2) is 0 Å². The van der Waals surface area contributed by atoms with Gasteiger partial charge < -0.3 is 15.1 Å². The first-order valence-corrected chi connectivity index (χ1v) is 12.3. The summed E-state index contributed by atoms with van der Waals surface area (Å²) >= 11 is 0. The van der Waals surface area contributed by atoms with Crippen LogP contribution in [0.2, 0.25) is 0 Å². The molecule has 0 atom stereocenters. The van der Waals surface area contributed by atoms with Crippen LogP contribution in [-0.2, 0) is 4.79 Å². The van der Waals surface area contributed by atoms with Crippen LogP contribution in [0.1, 0.15) is 47.5 Å². The Hall–Kier alpha value is -4.83. The molecule has 0 aliphatic carbocycles. The largest absolute Gasteiger partial charge is 0.508 e. The van der Waals surface area contributed by atoms with Crippen molar-refractivity contribution in [1.29, 1.82) is 0 Å². The van der Waals surface area contributed by atoms with Crippen LogP contribution in [0.3, 0.4) is 0 Å². The van der Waals surface area contributed by atoms with Crippen LogP contribution in [-0.4, -0.2) is 20.9 Å². The highest BCUT2D eigenvalue weighted by Gasteiger charge is 2.09. The predicted octanol–water partition coefficient (Wildman–Crippen LogP) is 9.21. The van der Waals surface area contributed by atoms with Crippen LogP contribution in [0.4, 0.5) is 0 Å². The van der Waals surface area contributed by atoms with Crippen molar-refractivity contribution in [3.8, 4) is 0 Å². The molecule has 0 saturated heterocycles. The van der Waals surface area contributed by atoms with Crippen molar-refractivity contribution in [2.75, 3.05) is 0 Å². The zero-order valence-electron chi connectivity index (χ0n) is 22.3. The van der Waals surface area contributed by atoms with Gasteiger partial charge in [0.05, 0.1) is 11.0 Å². The monoisotopic (exact) mass is 502 g/mol. The Labute approximate surface area is 224 Å². The summed E-state index contributed by atoms with van der Waals surface area (Å²) < 4.78 is 0. The molecule has 0 spiro atoms. The number of benzene rings is 2. The van der Waals surface area contributed by atoms with E-state index in [0.29, 0.717) is 0 Å². The Morgan fingerprint density at radius 3 is 1.89 bits per heavy atom. The second-order valence-corrected chi connectivity index (χ2v) is 8.80. The highest BCUT2D eigenvalue weighted by atomic mass is 16.3. The minimum absolute atomic E-state index is 0.0837. The van der Waals surface area contributed by atoms with Crippen LogP contribution in [0.5, 0.6) is 0 Å². The Morgan fingerprint density at radius 1 is 0.816 bits per heavy atom. The fraction of sp³-hybridized carbons (Fsp3) is 0.0882. The summed E-state index contributed by atoms with van der Waals surface area (Å²) in [6.45, 7) is 20.5. The smallest absolute Gasteiger partial charge is 0.185 e. The lowest BCUT2D eigenvalue weighted by Crippen LogP contribution is -1.98. The summed E-state index contributed by atoms with van der Waals surface area (Å²) in [4.78, 5) is 19.3. The van der Waals surface area contributed by atoms with Crippen molar-refractivity contribution < 1.29 is 9.90 Å². The number of aromatic nitrogens is 2. The SMILES string of the molecule is C=CC.C=Cc1ccc2cc(/C=C/C(=O)/C(C)=C(O)/C=C/c3cc4ccc(C)c(C=C)c4[nH]3)[nH]c2c1C=C. The first kappa shape index (κ1) is 27.8. The number of aliphatic hydroxyl groups is 1. The van der Waals surface area contributed by atoms with Gasteiger partial charge >= 0.3 is 0 Å². The molecule has 0 fully saturated rings. The molecular weight excluding hydrogens is 468 g/mol. The number of hydrogen-bond acceptors (Lipinski definition) is 2. The second-order valence-electron chi connectivity index (χ2n) is 8.80. The topological polar surface area (TPSA) is 68.9 Å². The van der Waals surface area contributed by atoms with E-state index in [1.165, 1.54) is 12.2 Å². The number of aromatic amines is 2. The van der Waals surface area contributed by atoms with E-state index in [1.807, 2.05) is 50.3 Å². The number of allylic oxidation sites excluding steroid dienone is 4. The average Bonchev–Trinajstić information content (AvgIpc) is 3.53. The summed E-state index contributed by atoms with van der Waals surface area (Å²) in [7, 11) is 0. The first-order valence-electron chi connectivity index (χ1n) is 12.3. The molecule has 0 bridgehead atoms. The van der Waals surface area contributed by atoms with Crippen LogP contribution >= 0.6 is 0 Å². The van der Waals surface area contributed by atoms with Gasteiger partial charge in [-0.2, -0.15) is 0 Å². The molecular formula is C34H34N2O2. The van der Waals surface area contributed by atoms with Crippen LogP contribution in [0.15, 0.2) is 92.3 Å². The van der Waals surface area contributed by atoms with Crippen LogP contribution in [0, 0.1) is 6.92 Å². The lowest BCUT2D eigenvalue weighted by atomic mass is 10.0. The van der Waals surface area contributed by atoms with Gasteiger partial charge in [0.25, 0.3) is 0 Å². The van der Waals surface area contributed by atoms with Gasteiger partial charge in [-0.1, -0.05) is 68.3 Å². The van der Waals surface area contributed by atoms with Crippen molar-refractivity contribution >= 4 is 58.0 Å². The lowest BCUT2D eigenvalue weighted by molar-refractivity contribution is -0.111. The highest BCUT2D eigenvalue weighted by Crippen LogP contribution is 2.26. The number of nitrogens with one attached hydrogen (secondary N) is 2. The van der Waals surface area contributed by atoms with Gasteiger partial charge in [0, 0.05) is 38.9 Å². The van der Waals surface area contributed by atoms with Gasteiger partial charge in [-0.15, -0.1) is 6.58 Å². The van der Waals surface area contributed by atoms with Gasteiger partial charge in [0.15, 0.2) is 5.78 Å². The number of H-pyrrole nitrogens is 2. The zero-order chi connectivity index (χ0) is 27.8. The summed E-state index contributed by atoms with van der Waals surface area (Å²) in [5, 5.41) is 12.6. The molecule has 0 aliphatic rings. The standard InChI is InChI=1S/C31H28N2O2.C3H6/c1-6-21-11-12-23-18-25(33-31(23)27(21)8-3)14-16-29(35)20(5)28(34)15-13-24-17-22-10-9-19(4)26(7-2)30(22)32-24;1-3-2/h6-18,32-34H,1-3H2,4-5H3;3H,1H2,2H3/b15-13+,16-14+,28-20-;. The second kappa shape index (κ2) is 12.4. The van der Waals surface area contributed by atoms with E-state index in [9.17, 15) is 9.90 Å². The molecule has 0 radical (unpaired) electrons. The number of aryl methyl sites for hydroxylation is 1. The average molecular weight is 503 g/mol. The van der Waals surface area contributed by atoms with Crippen LogP contribution < -0.4 is 0 Å². The summed E-state index contributed by atoms with van der Waals surface area (Å²) in [6, 6.07) is 12.0. The van der Waals surface area contributed by atoms with Gasteiger partial charge in [-0.3, -0.25) is 4.79 Å². The normalized spacial score (nSPS) is 11.9. The number of ketones is 1. The molecule has 4 nitrogen and oxygen atoms in total. The van der Waals surface area contributed by atoms with E-state index in [-0.39, 0.29) is 17.1 Å². The van der Waals surface area contributed by atoms with E-state index in [0.717, 1.165) is 55.4 Å². The third kappa shape index (κ3) is 5.93. The third-order valence-electron chi connectivity index (χ3n) is 6.18. The van der Waals surface area contributed by atoms with E-state index in [4.69, 9.17) is 0 Å². The molecule has 38 heavy (non-hydrogen) atoms. The predicted molar refractivity (Wildman–Crippen MR) is 166 cm³/mol. The first-order chi connectivity index (χ1) is 18.3. The minimum Gasteiger partial charge on any atom is -0.508 e. The van der Waals surface area contributed by atoms with Crippen molar-refractivity contribution in [3.63, 3.8) is 0 Å². The molecule has 0 saturated carbocycles. The maximum Gasteiger partial charge on any atom is 0.185 e. The number of fused-ring (bicyclic) bond motifs is 2. The van der Waals surface area contributed by atoms with E-state index < -0.39 is 0 Å². The van der Waals surface area contributed by atoms with E-state index >= 15 is 0 Å². The van der Waals surface area contributed by atoms with Gasteiger partial charge in [0.1, 0.15) is 5.76 Å². The van der Waals surface area contributed by atoms with E-state index in [1.54, 1.807) is 37.3 Å². The molecule has 0 unspecified atom stereocenters. The van der Waals surface area contributed by atoms with Crippen molar-refractivity contribution in [1.82, 2.24) is 9.97 Å². The van der Waals surface area contributed by atoms with Gasteiger partial charge in [-0.05, 0) is 68.3 Å². The van der Waals surface area contributed by atoms with Crippen LogP contribution in [0.25, 0.3) is 52.2 Å². The van der Waals surface area contributed by atoms with Crippen molar-refractivity contribution in [2.24, 2.45) is 0 Å². The molecule has 0 amide bonds. The Bertz CT molecular complexity index is 1630. The molecule has 4 rings (SSSR count). The minimum atomic E-state index is -0.275. The number of carbonyl (C=O) groups is 1. The van der Waals surface area contributed by atoms with E-state index in [2.05, 4.69) is 42.4 Å². The van der Waals surface area contributed by atoms with Gasteiger partial charge in [0.2, 0.25) is 0 Å². The fourth-order valence-corrected chi connectivity index (χ4v) is 4.16. The highest BCUT2D eigenvalue weighted by molar-refractivity contribution is 6.06. The van der Waals surface area contributed by atoms with Crippen molar-refractivity contribution in [3.05, 3.63) is 126 Å². The fourth-order valence-electron chi connectivity index (χ4n) is 4.16. The molecule has 192 valence electrons. The Balaban J connectivity index is 0.00000127.